The lowest BCUT2D eigenvalue weighted by Gasteiger charge is -2.33. The summed E-state index contributed by atoms with van der Waals surface area (Å²) in [5.41, 5.74) is 6.57. The first-order valence-corrected chi connectivity index (χ1v) is 8.08. The molecule has 4 heteroatoms. The highest BCUT2D eigenvalue weighted by Crippen LogP contribution is 2.27. The standard InChI is InChI=1S/C17H31N3O/c1-7-14(8-2)20(11-12(3)4)16-10-9-15(18)17(19-16)21-13(5)6/h9-10,12-14H,7-8,11,18H2,1-6H3. The van der Waals surface area contributed by atoms with Crippen LogP contribution in [0, 0.1) is 5.92 Å². The van der Waals surface area contributed by atoms with Crippen molar-refractivity contribution in [1.29, 1.82) is 0 Å². The van der Waals surface area contributed by atoms with Crippen molar-refractivity contribution >= 4 is 11.5 Å². The van der Waals surface area contributed by atoms with Gasteiger partial charge in [-0.3, -0.25) is 0 Å². The van der Waals surface area contributed by atoms with Gasteiger partial charge in [-0.05, 0) is 44.7 Å². The average molecular weight is 293 g/mol. The molecule has 0 unspecified atom stereocenters. The number of nitrogen functional groups attached to an aromatic ring is 1. The van der Waals surface area contributed by atoms with Gasteiger partial charge in [-0.25, -0.2) is 0 Å². The number of hydrogen-bond acceptors (Lipinski definition) is 4. The van der Waals surface area contributed by atoms with E-state index in [9.17, 15) is 0 Å². The van der Waals surface area contributed by atoms with Gasteiger partial charge < -0.3 is 15.4 Å². The van der Waals surface area contributed by atoms with E-state index in [1.54, 1.807) is 0 Å². The number of rotatable bonds is 8. The Morgan fingerprint density at radius 1 is 1.14 bits per heavy atom. The zero-order chi connectivity index (χ0) is 16.0. The fourth-order valence-electron chi connectivity index (χ4n) is 2.47. The molecule has 0 saturated heterocycles. The van der Waals surface area contributed by atoms with Crippen LogP contribution in [-0.4, -0.2) is 23.7 Å². The van der Waals surface area contributed by atoms with Gasteiger partial charge >= 0.3 is 0 Å². The third-order valence-electron chi connectivity index (χ3n) is 3.46. The Kier molecular flexibility index (Phi) is 6.79. The fourth-order valence-corrected chi connectivity index (χ4v) is 2.47. The zero-order valence-corrected chi connectivity index (χ0v) is 14.4. The summed E-state index contributed by atoms with van der Waals surface area (Å²) >= 11 is 0. The molecule has 1 heterocycles. The van der Waals surface area contributed by atoms with Crippen LogP contribution in [0.15, 0.2) is 12.1 Å². The summed E-state index contributed by atoms with van der Waals surface area (Å²) in [6.07, 6.45) is 2.28. The largest absolute Gasteiger partial charge is 0.473 e. The molecule has 1 aromatic rings. The van der Waals surface area contributed by atoms with E-state index in [4.69, 9.17) is 10.5 Å². The van der Waals surface area contributed by atoms with Gasteiger partial charge in [0.2, 0.25) is 5.88 Å². The first-order chi connectivity index (χ1) is 9.88. The predicted octanol–water partition coefficient (Wildman–Crippen LogP) is 4.10. The van der Waals surface area contributed by atoms with Crippen LogP contribution in [0.5, 0.6) is 5.88 Å². The second-order valence-corrected chi connectivity index (χ2v) is 6.25. The van der Waals surface area contributed by atoms with Crippen molar-refractivity contribution in [2.75, 3.05) is 17.2 Å². The van der Waals surface area contributed by atoms with Gasteiger partial charge in [-0.15, -0.1) is 0 Å². The summed E-state index contributed by atoms with van der Waals surface area (Å²) < 4.78 is 5.73. The molecule has 1 rings (SSSR count). The molecule has 0 spiro atoms. The molecule has 0 saturated carbocycles. The van der Waals surface area contributed by atoms with Crippen LogP contribution in [0.4, 0.5) is 11.5 Å². The van der Waals surface area contributed by atoms with Crippen molar-refractivity contribution in [1.82, 2.24) is 4.98 Å². The van der Waals surface area contributed by atoms with Crippen LogP contribution in [-0.2, 0) is 0 Å². The summed E-state index contributed by atoms with van der Waals surface area (Å²) in [5, 5.41) is 0. The van der Waals surface area contributed by atoms with Crippen LogP contribution in [0.25, 0.3) is 0 Å². The smallest absolute Gasteiger partial charge is 0.239 e. The Balaban J connectivity index is 3.11. The Bertz CT molecular complexity index is 428. The van der Waals surface area contributed by atoms with Crippen molar-refractivity contribution in [3.8, 4) is 5.88 Å². The van der Waals surface area contributed by atoms with Gasteiger partial charge in [0.1, 0.15) is 5.82 Å². The topological polar surface area (TPSA) is 51.4 Å². The minimum absolute atomic E-state index is 0.0711. The quantitative estimate of drug-likeness (QED) is 0.784. The number of ether oxygens (including phenoxy) is 1. The van der Waals surface area contributed by atoms with Crippen molar-refractivity contribution in [3.05, 3.63) is 12.1 Å². The molecule has 0 bridgehead atoms. The van der Waals surface area contributed by atoms with Gasteiger partial charge in [-0.1, -0.05) is 27.7 Å². The van der Waals surface area contributed by atoms with Crippen LogP contribution < -0.4 is 15.4 Å². The molecule has 2 N–H and O–H groups in total. The van der Waals surface area contributed by atoms with Gasteiger partial charge in [0.15, 0.2) is 0 Å². The summed E-state index contributed by atoms with van der Waals surface area (Å²) in [7, 11) is 0. The zero-order valence-electron chi connectivity index (χ0n) is 14.4. The van der Waals surface area contributed by atoms with Crippen molar-refractivity contribution in [2.24, 2.45) is 5.92 Å². The van der Waals surface area contributed by atoms with E-state index in [0.29, 0.717) is 23.5 Å². The van der Waals surface area contributed by atoms with Crippen LogP contribution >= 0.6 is 0 Å². The van der Waals surface area contributed by atoms with E-state index >= 15 is 0 Å². The van der Waals surface area contributed by atoms with Crippen LogP contribution in [0.2, 0.25) is 0 Å². The van der Waals surface area contributed by atoms with Crippen molar-refractivity contribution in [3.63, 3.8) is 0 Å². The lowest BCUT2D eigenvalue weighted by atomic mass is 10.1. The van der Waals surface area contributed by atoms with Crippen LogP contribution in [0.1, 0.15) is 54.4 Å². The van der Waals surface area contributed by atoms with Crippen molar-refractivity contribution < 1.29 is 4.74 Å². The lowest BCUT2D eigenvalue weighted by molar-refractivity contribution is 0.234. The molecule has 4 nitrogen and oxygen atoms in total. The van der Waals surface area contributed by atoms with Crippen molar-refractivity contribution in [2.45, 2.75) is 66.5 Å². The Hall–Kier alpha value is -1.45. The molecule has 0 aliphatic carbocycles. The third-order valence-corrected chi connectivity index (χ3v) is 3.46. The molecule has 0 aliphatic rings. The maximum Gasteiger partial charge on any atom is 0.239 e. The molecular formula is C17H31N3O. The lowest BCUT2D eigenvalue weighted by Crippen LogP contribution is -2.38. The minimum atomic E-state index is 0.0711. The highest BCUT2D eigenvalue weighted by atomic mass is 16.5. The number of hydrogen-bond donors (Lipinski definition) is 1. The molecule has 120 valence electrons. The number of nitrogens with zero attached hydrogens (tertiary/aromatic N) is 2. The van der Waals surface area contributed by atoms with E-state index in [1.165, 1.54) is 0 Å². The minimum Gasteiger partial charge on any atom is -0.473 e. The molecule has 0 fully saturated rings. The summed E-state index contributed by atoms with van der Waals surface area (Å²) in [6.45, 7) is 13.9. The molecule has 21 heavy (non-hydrogen) atoms. The highest BCUT2D eigenvalue weighted by molar-refractivity contribution is 5.55. The molecule has 0 atom stereocenters. The molecular weight excluding hydrogens is 262 g/mol. The molecule has 1 aromatic heterocycles. The Labute approximate surface area is 129 Å². The molecule has 0 aliphatic heterocycles. The normalized spacial score (nSPS) is 11.5. The summed E-state index contributed by atoms with van der Waals surface area (Å²) in [5.74, 6) is 2.09. The van der Waals surface area contributed by atoms with Gasteiger partial charge in [0, 0.05) is 12.6 Å². The fraction of sp³-hybridized carbons (Fsp3) is 0.706. The average Bonchev–Trinajstić information content (AvgIpc) is 2.40. The molecule has 0 radical (unpaired) electrons. The van der Waals surface area contributed by atoms with E-state index in [1.807, 2.05) is 26.0 Å². The maximum absolute atomic E-state index is 5.97. The van der Waals surface area contributed by atoms with E-state index in [2.05, 4.69) is 37.6 Å². The number of pyridine rings is 1. The second kappa shape index (κ2) is 8.11. The van der Waals surface area contributed by atoms with Gasteiger partial charge in [0.05, 0.1) is 11.8 Å². The molecule has 0 amide bonds. The Morgan fingerprint density at radius 3 is 2.24 bits per heavy atom. The second-order valence-electron chi connectivity index (χ2n) is 6.25. The first kappa shape index (κ1) is 17.6. The van der Waals surface area contributed by atoms with E-state index in [-0.39, 0.29) is 6.10 Å². The summed E-state index contributed by atoms with van der Waals surface area (Å²) in [4.78, 5) is 7.05. The SMILES string of the molecule is CCC(CC)N(CC(C)C)c1ccc(N)c(OC(C)C)n1. The highest BCUT2D eigenvalue weighted by Gasteiger charge is 2.19. The number of aromatic nitrogens is 1. The third kappa shape index (κ3) is 5.10. The van der Waals surface area contributed by atoms with E-state index in [0.717, 1.165) is 25.2 Å². The predicted molar refractivity (Wildman–Crippen MR) is 91.0 cm³/mol. The number of nitrogens with two attached hydrogens (primary N) is 1. The maximum atomic E-state index is 5.97. The van der Waals surface area contributed by atoms with Crippen LogP contribution in [0.3, 0.4) is 0 Å². The van der Waals surface area contributed by atoms with Gasteiger partial charge in [-0.2, -0.15) is 4.98 Å². The van der Waals surface area contributed by atoms with Gasteiger partial charge in [0.25, 0.3) is 0 Å². The summed E-state index contributed by atoms with van der Waals surface area (Å²) in [6, 6.07) is 4.40. The van der Waals surface area contributed by atoms with E-state index < -0.39 is 0 Å². The Morgan fingerprint density at radius 2 is 1.76 bits per heavy atom. The monoisotopic (exact) mass is 293 g/mol. The first-order valence-electron chi connectivity index (χ1n) is 8.08. The number of anilines is 2. The molecule has 0 aromatic carbocycles.